The zero-order chi connectivity index (χ0) is 16.5. The molecule has 0 radical (unpaired) electrons. The van der Waals surface area contributed by atoms with Crippen molar-refractivity contribution in [1.29, 1.82) is 0 Å². The second-order valence-electron chi connectivity index (χ2n) is 7.90. The Morgan fingerprint density at radius 2 is 1.95 bits per heavy atom. The van der Waals surface area contributed by atoms with Crippen LogP contribution in [-0.2, 0) is 4.43 Å². The Hall–Kier alpha value is -0.423. The van der Waals surface area contributed by atoms with Gasteiger partial charge in [0, 0.05) is 18.2 Å². The summed E-state index contributed by atoms with van der Waals surface area (Å²) in [7, 11) is -1.77. The smallest absolute Gasteiger partial charge is 0.192 e. The molecule has 0 unspecified atom stereocenters. The predicted octanol–water partition coefficient (Wildman–Crippen LogP) is 4.75. The normalized spacial score (nSPS) is 27.0. The molecule has 1 aromatic rings. The standard InChI is InChI=1S/C17H28ClNO2Si/c1-17(2,3)22(4,5)21-13-7-8-15(20)14(10-13)12-6-9-16(18)19-11-12/h6,9,11,13-15,20H,7-8,10H2,1-5H3/t13-,14-,15+/m0/s1. The van der Waals surface area contributed by atoms with Crippen molar-refractivity contribution in [3.8, 4) is 0 Å². The minimum atomic E-state index is -1.77. The number of aromatic nitrogens is 1. The van der Waals surface area contributed by atoms with Crippen LogP contribution >= 0.6 is 11.6 Å². The van der Waals surface area contributed by atoms with Crippen molar-refractivity contribution in [2.75, 3.05) is 0 Å². The molecular weight excluding hydrogens is 314 g/mol. The van der Waals surface area contributed by atoms with Crippen LogP contribution in [0, 0.1) is 0 Å². The highest BCUT2D eigenvalue weighted by Gasteiger charge is 2.41. The van der Waals surface area contributed by atoms with E-state index in [0.717, 1.165) is 24.8 Å². The van der Waals surface area contributed by atoms with E-state index in [1.807, 2.05) is 6.07 Å². The lowest BCUT2D eigenvalue weighted by atomic mass is 9.81. The summed E-state index contributed by atoms with van der Waals surface area (Å²) in [6, 6.07) is 3.76. The highest BCUT2D eigenvalue weighted by molar-refractivity contribution is 6.74. The van der Waals surface area contributed by atoms with Gasteiger partial charge < -0.3 is 9.53 Å². The number of nitrogens with zero attached hydrogens (tertiary/aromatic N) is 1. The van der Waals surface area contributed by atoms with Crippen LogP contribution < -0.4 is 0 Å². The number of rotatable bonds is 3. The lowest BCUT2D eigenvalue weighted by Crippen LogP contribution is -2.46. The van der Waals surface area contributed by atoms with Gasteiger partial charge in [0.25, 0.3) is 0 Å². The molecule has 0 saturated heterocycles. The molecule has 22 heavy (non-hydrogen) atoms. The number of hydrogen-bond acceptors (Lipinski definition) is 3. The summed E-state index contributed by atoms with van der Waals surface area (Å²) in [5.74, 6) is 0.0910. The van der Waals surface area contributed by atoms with Crippen molar-refractivity contribution in [3.05, 3.63) is 29.0 Å². The molecule has 3 nitrogen and oxygen atoms in total. The third kappa shape index (κ3) is 4.10. The van der Waals surface area contributed by atoms with Gasteiger partial charge >= 0.3 is 0 Å². The van der Waals surface area contributed by atoms with E-state index < -0.39 is 8.32 Å². The summed E-state index contributed by atoms with van der Waals surface area (Å²) in [4.78, 5) is 4.15. The summed E-state index contributed by atoms with van der Waals surface area (Å²) < 4.78 is 6.55. The van der Waals surface area contributed by atoms with E-state index in [0.29, 0.717) is 5.15 Å². The van der Waals surface area contributed by atoms with Crippen molar-refractivity contribution in [1.82, 2.24) is 4.98 Å². The Kier molecular flexibility index (Phi) is 5.37. The van der Waals surface area contributed by atoms with Crippen molar-refractivity contribution < 1.29 is 9.53 Å². The number of halogens is 1. The summed E-state index contributed by atoms with van der Waals surface area (Å²) in [5.41, 5.74) is 1.06. The van der Waals surface area contributed by atoms with Gasteiger partial charge in [-0.15, -0.1) is 0 Å². The Balaban J connectivity index is 2.10. The van der Waals surface area contributed by atoms with Gasteiger partial charge in [-0.3, -0.25) is 0 Å². The first-order valence-corrected chi connectivity index (χ1v) is 11.4. The number of aliphatic hydroxyl groups is 1. The van der Waals surface area contributed by atoms with Crippen LogP contribution in [0.4, 0.5) is 0 Å². The maximum absolute atomic E-state index is 10.4. The molecule has 1 saturated carbocycles. The fraction of sp³-hybridized carbons (Fsp3) is 0.706. The topological polar surface area (TPSA) is 42.4 Å². The lowest BCUT2D eigenvalue weighted by Gasteiger charge is -2.42. The summed E-state index contributed by atoms with van der Waals surface area (Å²) in [5, 5.41) is 11.1. The molecule has 1 fully saturated rings. The molecule has 124 valence electrons. The first-order valence-electron chi connectivity index (χ1n) is 8.07. The van der Waals surface area contributed by atoms with Gasteiger partial charge in [0.05, 0.1) is 6.10 Å². The SMILES string of the molecule is CC(C)(C)[Si](C)(C)O[C@H]1CC[C@@H](O)[C@H](c2ccc(Cl)nc2)C1. The predicted molar refractivity (Wildman–Crippen MR) is 93.9 cm³/mol. The van der Waals surface area contributed by atoms with Gasteiger partial charge in [0.15, 0.2) is 8.32 Å². The van der Waals surface area contributed by atoms with Gasteiger partial charge in [0.2, 0.25) is 0 Å². The van der Waals surface area contributed by atoms with E-state index >= 15 is 0 Å². The summed E-state index contributed by atoms with van der Waals surface area (Å²) >= 11 is 5.86. The maximum Gasteiger partial charge on any atom is 0.192 e. The van der Waals surface area contributed by atoms with Gasteiger partial charge in [-0.05, 0) is 49.0 Å². The number of aliphatic hydroxyl groups excluding tert-OH is 1. The maximum atomic E-state index is 10.4. The average Bonchev–Trinajstić information content (AvgIpc) is 2.40. The molecule has 0 amide bonds. The minimum Gasteiger partial charge on any atom is -0.414 e. The van der Waals surface area contributed by atoms with Crippen LogP contribution in [0.25, 0.3) is 0 Å². The molecule has 1 aromatic heterocycles. The molecule has 1 N–H and O–H groups in total. The van der Waals surface area contributed by atoms with Crippen molar-refractivity contribution in [3.63, 3.8) is 0 Å². The van der Waals surface area contributed by atoms with E-state index in [2.05, 4.69) is 38.8 Å². The van der Waals surface area contributed by atoms with Crippen molar-refractivity contribution >= 4 is 19.9 Å². The molecular formula is C17H28ClNO2Si. The molecule has 0 bridgehead atoms. The van der Waals surface area contributed by atoms with E-state index in [-0.39, 0.29) is 23.2 Å². The van der Waals surface area contributed by atoms with E-state index in [1.165, 1.54) is 0 Å². The Labute approximate surface area is 140 Å². The van der Waals surface area contributed by atoms with E-state index in [1.54, 1.807) is 12.3 Å². The minimum absolute atomic E-state index is 0.0910. The zero-order valence-electron chi connectivity index (χ0n) is 14.3. The molecule has 1 heterocycles. The fourth-order valence-corrected chi connectivity index (χ4v) is 4.29. The van der Waals surface area contributed by atoms with Crippen LogP contribution in [0.2, 0.25) is 23.3 Å². The number of hydrogen-bond donors (Lipinski definition) is 1. The first kappa shape index (κ1) is 17.9. The fourth-order valence-electron chi connectivity index (χ4n) is 2.78. The molecule has 5 heteroatoms. The first-order chi connectivity index (χ1) is 10.1. The third-order valence-electron chi connectivity index (χ3n) is 5.21. The molecule has 1 aliphatic carbocycles. The lowest BCUT2D eigenvalue weighted by molar-refractivity contribution is 0.0407. The van der Waals surface area contributed by atoms with E-state index in [4.69, 9.17) is 16.0 Å². The third-order valence-corrected chi connectivity index (χ3v) is 9.97. The Morgan fingerprint density at radius 1 is 1.27 bits per heavy atom. The van der Waals surface area contributed by atoms with E-state index in [9.17, 15) is 5.11 Å². The molecule has 2 rings (SSSR count). The number of pyridine rings is 1. The summed E-state index contributed by atoms with van der Waals surface area (Å²) in [6.07, 6.45) is 4.27. The van der Waals surface area contributed by atoms with Crippen molar-refractivity contribution in [2.24, 2.45) is 0 Å². The van der Waals surface area contributed by atoms with Gasteiger partial charge in [-0.2, -0.15) is 0 Å². The van der Waals surface area contributed by atoms with Crippen LogP contribution in [-0.4, -0.2) is 30.6 Å². The van der Waals surface area contributed by atoms with Crippen molar-refractivity contribution in [2.45, 2.75) is 76.3 Å². The van der Waals surface area contributed by atoms with Crippen LogP contribution in [0.3, 0.4) is 0 Å². The van der Waals surface area contributed by atoms with Gasteiger partial charge in [-0.1, -0.05) is 38.4 Å². The highest BCUT2D eigenvalue weighted by Crippen LogP contribution is 2.41. The second kappa shape index (κ2) is 6.60. The van der Waals surface area contributed by atoms with Crippen LogP contribution in [0.5, 0.6) is 0 Å². The summed E-state index contributed by atoms with van der Waals surface area (Å²) in [6.45, 7) is 11.4. The molecule has 0 aromatic carbocycles. The zero-order valence-corrected chi connectivity index (χ0v) is 16.0. The molecule has 0 spiro atoms. The van der Waals surface area contributed by atoms with Crippen LogP contribution in [0.15, 0.2) is 18.3 Å². The molecule has 0 aliphatic heterocycles. The largest absolute Gasteiger partial charge is 0.414 e. The Morgan fingerprint density at radius 3 is 2.50 bits per heavy atom. The molecule has 3 atom stereocenters. The second-order valence-corrected chi connectivity index (χ2v) is 13.0. The molecule has 1 aliphatic rings. The highest BCUT2D eigenvalue weighted by atomic mass is 35.5. The Bertz CT molecular complexity index is 498. The van der Waals surface area contributed by atoms with Crippen LogP contribution in [0.1, 0.15) is 51.5 Å². The van der Waals surface area contributed by atoms with Gasteiger partial charge in [-0.25, -0.2) is 4.98 Å². The van der Waals surface area contributed by atoms with Gasteiger partial charge in [0.1, 0.15) is 5.15 Å². The quantitative estimate of drug-likeness (QED) is 0.637. The average molecular weight is 342 g/mol. The monoisotopic (exact) mass is 341 g/mol.